The maximum atomic E-state index is 10.4. The highest BCUT2D eigenvalue weighted by Crippen LogP contribution is 2.41. The lowest BCUT2D eigenvalue weighted by Crippen LogP contribution is -1.96. The van der Waals surface area contributed by atoms with Gasteiger partial charge in [0.1, 0.15) is 17.4 Å². The molecular formula is C18H16BrNO3. The molecule has 1 heterocycles. The molecule has 0 spiro atoms. The van der Waals surface area contributed by atoms with Gasteiger partial charge in [0.15, 0.2) is 5.76 Å². The van der Waals surface area contributed by atoms with E-state index in [2.05, 4.69) is 15.9 Å². The number of aliphatic hydroxyl groups is 1. The van der Waals surface area contributed by atoms with E-state index in [9.17, 15) is 5.11 Å². The third kappa shape index (κ3) is 2.98. The summed E-state index contributed by atoms with van der Waals surface area (Å²) in [6.07, 6.45) is 2.54. The summed E-state index contributed by atoms with van der Waals surface area (Å²) in [6.45, 7) is 0. The van der Waals surface area contributed by atoms with Gasteiger partial charge in [0.2, 0.25) is 0 Å². The Balaban J connectivity index is 1.98. The van der Waals surface area contributed by atoms with Crippen LogP contribution < -0.4 is 10.5 Å². The van der Waals surface area contributed by atoms with Crippen LogP contribution in [0.15, 0.2) is 57.4 Å². The molecule has 1 unspecified atom stereocenters. The number of benzene rings is 2. The molecule has 1 aromatic heterocycles. The topological polar surface area (TPSA) is 68.6 Å². The van der Waals surface area contributed by atoms with Gasteiger partial charge in [-0.2, -0.15) is 0 Å². The van der Waals surface area contributed by atoms with Gasteiger partial charge in [0.05, 0.1) is 22.7 Å². The predicted octanol–water partition coefficient (Wildman–Crippen LogP) is 4.53. The third-order valence-corrected chi connectivity index (χ3v) is 4.37. The molecule has 3 N–H and O–H groups in total. The smallest absolute Gasteiger partial charge is 0.160 e. The SMILES string of the molecule is COc1ccc2oc(C(O)C=Cc3ccccc3)c(N)c2c1Br. The monoisotopic (exact) mass is 373 g/mol. The Morgan fingerprint density at radius 2 is 1.96 bits per heavy atom. The molecule has 1 atom stereocenters. The molecule has 3 rings (SSSR count). The molecule has 0 amide bonds. The summed E-state index contributed by atoms with van der Waals surface area (Å²) < 4.78 is 11.7. The first-order valence-electron chi connectivity index (χ1n) is 7.07. The van der Waals surface area contributed by atoms with E-state index in [1.165, 1.54) is 0 Å². The first kappa shape index (κ1) is 15.6. The van der Waals surface area contributed by atoms with Crippen molar-refractivity contribution in [3.05, 3.63) is 64.3 Å². The second-order valence-electron chi connectivity index (χ2n) is 5.05. The summed E-state index contributed by atoms with van der Waals surface area (Å²) >= 11 is 3.47. The Hall–Kier alpha value is -2.24. The number of ether oxygens (including phenoxy) is 1. The van der Waals surface area contributed by atoms with E-state index in [-0.39, 0.29) is 0 Å². The molecule has 3 aromatic rings. The number of nitrogen functional groups attached to an aromatic ring is 1. The Morgan fingerprint density at radius 3 is 2.65 bits per heavy atom. The van der Waals surface area contributed by atoms with Gasteiger partial charge in [-0.05, 0) is 39.7 Å². The fourth-order valence-corrected chi connectivity index (χ4v) is 3.11. The Bertz CT molecular complexity index is 856. The predicted molar refractivity (Wildman–Crippen MR) is 95.3 cm³/mol. The number of hydrogen-bond acceptors (Lipinski definition) is 4. The van der Waals surface area contributed by atoms with E-state index >= 15 is 0 Å². The number of aliphatic hydroxyl groups excluding tert-OH is 1. The van der Waals surface area contributed by atoms with Crippen molar-refractivity contribution in [2.75, 3.05) is 12.8 Å². The number of hydrogen-bond donors (Lipinski definition) is 2. The van der Waals surface area contributed by atoms with E-state index < -0.39 is 6.10 Å². The summed E-state index contributed by atoms with van der Waals surface area (Å²) in [4.78, 5) is 0. The molecule has 2 aromatic carbocycles. The standard InChI is InChI=1S/C18H16BrNO3/c1-22-14-10-9-13-15(16(14)19)17(20)18(23-13)12(21)8-7-11-5-3-2-4-6-11/h2-10,12,21H,20H2,1H3. The van der Waals surface area contributed by atoms with Crippen LogP contribution in [0.4, 0.5) is 5.69 Å². The molecule has 0 radical (unpaired) electrons. The molecule has 5 heteroatoms. The van der Waals surface area contributed by atoms with Crippen molar-refractivity contribution in [2.24, 2.45) is 0 Å². The van der Waals surface area contributed by atoms with Crippen LogP contribution in [0.3, 0.4) is 0 Å². The first-order chi connectivity index (χ1) is 11.1. The van der Waals surface area contributed by atoms with Gasteiger partial charge in [-0.1, -0.05) is 36.4 Å². The van der Waals surface area contributed by atoms with Gasteiger partial charge in [0.25, 0.3) is 0 Å². The molecule has 0 fully saturated rings. The minimum Gasteiger partial charge on any atom is -0.496 e. The first-order valence-corrected chi connectivity index (χ1v) is 7.86. The molecule has 118 valence electrons. The molecule has 0 aliphatic rings. The van der Waals surface area contributed by atoms with Crippen LogP contribution in [-0.2, 0) is 0 Å². The van der Waals surface area contributed by atoms with Crippen LogP contribution >= 0.6 is 15.9 Å². The molecule has 0 aliphatic carbocycles. The van der Waals surface area contributed by atoms with E-state index in [1.807, 2.05) is 36.4 Å². The average Bonchev–Trinajstić information content (AvgIpc) is 2.92. The number of nitrogens with two attached hydrogens (primary N) is 1. The van der Waals surface area contributed by atoms with Crippen molar-refractivity contribution in [1.29, 1.82) is 0 Å². The Kier molecular flexibility index (Phi) is 4.41. The van der Waals surface area contributed by atoms with Crippen LogP contribution in [0.5, 0.6) is 5.75 Å². The van der Waals surface area contributed by atoms with Crippen molar-refractivity contribution in [3.63, 3.8) is 0 Å². The molecule has 0 saturated carbocycles. The Labute approximate surface area is 142 Å². The number of methoxy groups -OCH3 is 1. The number of rotatable bonds is 4. The third-order valence-electron chi connectivity index (χ3n) is 3.58. The molecule has 23 heavy (non-hydrogen) atoms. The number of fused-ring (bicyclic) bond motifs is 1. The van der Waals surface area contributed by atoms with Crippen LogP contribution in [-0.4, -0.2) is 12.2 Å². The van der Waals surface area contributed by atoms with E-state index in [0.29, 0.717) is 32.6 Å². The second-order valence-corrected chi connectivity index (χ2v) is 5.84. The second kappa shape index (κ2) is 6.48. The van der Waals surface area contributed by atoms with Crippen LogP contribution in [0.25, 0.3) is 17.0 Å². The average molecular weight is 374 g/mol. The molecular weight excluding hydrogens is 358 g/mol. The van der Waals surface area contributed by atoms with Gasteiger partial charge in [0, 0.05) is 0 Å². The minimum absolute atomic E-state index is 0.320. The summed E-state index contributed by atoms with van der Waals surface area (Å²) in [7, 11) is 1.58. The van der Waals surface area contributed by atoms with Crippen LogP contribution in [0.1, 0.15) is 17.4 Å². The number of anilines is 1. The van der Waals surface area contributed by atoms with E-state index in [1.54, 1.807) is 25.3 Å². The van der Waals surface area contributed by atoms with Gasteiger partial charge in [-0.3, -0.25) is 0 Å². The molecule has 4 nitrogen and oxygen atoms in total. The van der Waals surface area contributed by atoms with Crippen molar-refractivity contribution >= 4 is 38.7 Å². The van der Waals surface area contributed by atoms with Crippen molar-refractivity contribution in [3.8, 4) is 5.75 Å². The highest BCUT2D eigenvalue weighted by atomic mass is 79.9. The maximum Gasteiger partial charge on any atom is 0.160 e. The lowest BCUT2D eigenvalue weighted by molar-refractivity contribution is 0.202. The fourth-order valence-electron chi connectivity index (χ4n) is 2.40. The normalized spacial score (nSPS) is 12.8. The number of halogens is 1. The number of furan rings is 1. The highest BCUT2D eigenvalue weighted by Gasteiger charge is 2.20. The van der Waals surface area contributed by atoms with Crippen molar-refractivity contribution < 1.29 is 14.3 Å². The quantitative estimate of drug-likeness (QED) is 0.704. The molecule has 0 saturated heterocycles. The maximum absolute atomic E-state index is 10.4. The summed E-state index contributed by atoms with van der Waals surface area (Å²) in [6, 6.07) is 13.3. The van der Waals surface area contributed by atoms with E-state index in [4.69, 9.17) is 14.9 Å². The summed E-state index contributed by atoms with van der Waals surface area (Å²) in [5, 5.41) is 11.1. The zero-order valence-corrected chi connectivity index (χ0v) is 14.1. The van der Waals surface area contributed by atoms with Crippen molar-refractivity contribution in [2.45, 2.75) is 6.10 Å². The van der Waals surface area contributed by atoms with Gasteiger partial charge < -0.3 is 20.0 Å². The zero-order valence-electron chi connectivity index (χ0n) is 12.5. The zero-order chi connectivity index (χ0) is 16.4. The largest absolute Gasteiger partial charge is 0.496 e. The van der Waals surface area contributed by atoms with Gasteiger partial charge >= 0.3 is 0 Å². The van der Waals surface area contributed by atoms with Crippen molar-refractivity contribution in [1.82, 2.24) is 0 Å². The lowest BCUT2D eigenvalue weighted by Gasteiger charge is -2.04. The Morgan fingerprint density at radius 1 is 1.22 bits per heavy atom. The molecule has 0 aliphatic heterocycles. The summed E-state index contributed by atoms with van der Waals surface area (Å²) in [5.74, 6) is 0.979. The van der Waals surface area contributed by atoms with Crippen LogP contribution in [0.2, 0.25) is 0 Å². The lowest BCUT2D eigenvalue weighted by atomic mass is 10.1. The van der Waals surface area contributed by atoms with Gasteiger partial charge in [-0.15, -0.1) is 0 Å². The summed E-state index contributed by atoms with van der Waals surface area (Å²) in [5.41, 5.74) is 8.14. The minimum atomic E-state index is -0.930. The fraction of sp³-hybridized carbons (Fsp3) is 0.111. The van der Waals surface area contributed by atoms with Crippen LogP contribution in [0, 0.1) is 0 Å². The highest BCUT2D eigenvalue weighted by molar-refractivity contribution is 9.10. The molecule has 0 bridgehead atoms. The van der Waals surface area contributed by atoms with E-state index in [0.717, 1.165) is 5.56 Å². The van der Waals surface area contributed by atoms with Gasteiger partial charge in [-0.25, -0.2) is 0 Å².